The van der Waals surface area contributed by atoms with Gasteiger partial charge in [-0.05, 0) is 55.5 Å². The number of nitrogens with zero attached hydrogens (tertiary/aromatic N) is 3. The molecular weight excluding hydrogens is 423 g/mol. The minimum Gasteiger partial charge on any atom is -0.507 e. The Balaban J connectivity index is 0.00000272. The van der Waals surface area contributed by atoms with Gasteiger partial charge in [-0.2, -0.15) is 0 Å². The Morgan fingerprint density at radius 2 is 2.10 bits per heavy atom. The standard InChI is InChI=1S/C22H23FN4O3.ClH/c1-13-7-8-15-17(10-13)25-20(19-16(23)5-2-6-18(19)28)26-21(15)27-9-3-4-14(12-27)11-24-22(29)30;/h2,5-8,10,14,24,28H,3-4,9,11-12H2,1H3,(H,29,30);1H. The fourth-order valence-electron chi connectivity index (χ4n) is 3.97. The van der Waals surface area contributed by atoms with Crippen molar-refractivity contribution in [1.29, 1.82) is 0 Å². The number of phenolic OH excluding ortho intramolecular Hbond substituents is 1. The highest BCUT2D eigenvalue weighted by atomic mass is 35.5. The summed E-state index contributed by atoms with van der Waals surface area (Å²) < 4.78 is 14.5. The summed E-state index contributed by atoms with van der Waals surface area (Å²) in [5, 5.41) is 22.4. The summed E-state index contributed by atoms with van der Waals surface area (Å²) in [5.74, 6) is 0.142. The molecule has 3 aromatic rings. The number of anilines is 1. The lowest BCUT2D eigenvalue weighted by atomic mass is 9.97. The molecule has 9 heteroatoms. The number of hydrogen-bond donors (Lipinski definition) is 3. The van der Waals surface area contributed by atoms with Crippen LogP contribution >= 0.6 is 12.4 Å². The van der Waals surface area contributed by atoms with Gasteiger partial charge in [-0.25, -0.2) is 19.2 Å². The molecule has 1 fully saturated rings. The molecule has 31 heavy (non-hydrogen) atoms. The zero-order chi connectivity index (χ0) is 21.3. The van der Waals surface area contributed by atoms with Crippen LogP contribution in [0.25, 0.3) is 22.3 Å². The fraction of sp³-hybridized carbons (Fsp3) is 0.318. The van der Waals surface area contributed by atoms with Crippen molar-refractivity contribution < 1.29 is 19.4 Å². The average molecular weight is 447 g/mol. The molecule has 1 aromatic heterocycles. The van der Waals surface area contributed by atoms with Gasteiger partial charge in [0, 0.05) is 25.0 Å². The Morgan fingerprint density at radius 3 is 2.84 bits per heavy atom. The van der Waals surface area contributed by atoms with E-state index in [1.54, 1.807) is 0 Å². The third-order valence-electron chi connectivity index (χ3n) is 5.41. The Hall–Kier alpha value is -3.13. The number of nitrogens with one attached hydrogen (secondary N) is 1. The van der Waals surface area contributed by atoms with Gasteiger partial charge in [0.15, 0.2) is 5.82 Å². The summed E-state index contributed by atoms with van der Waals surface area (Å²) in [5.41, 5.74) is 1.66. The van der Waals surface area contributed by atoms with E-state index in [-0.39, 0.29) is 35.5 Å². The van der Waals surface area contributed by atoms with Crippen LogP contribution in [-0.2, 0) is 0 Å². The van der Waals surface area contributed by atoms with Gasteiger partial charge in [-0.1, -0.05) is 12.1 Å². The van der Waals surface area contributed by atoms with E-state index in [2.05, 4.69) is 20.2 Å². The van der Waals surface area contributed by atoms with Crippen LogP contribution < -0.4 is 10.2 Å². The molecule has 7 nitrogen and oxygen atoms in total. The molecule has 4 rings (SSSR count). The van der Waals surface area contributed by atoms with Crippen LogP contribution in [0, 0.1) is 18.7 Å². The Labute approximate surface area is 185 Å². The zero-order valence-electron chi connectivity index (χ0n) is 17.0. The van der Waals surface area contributed by atoms with Gasteiger partial charge < -0.3 is 20.4 Å². The second-order valence-corrected chi connectivity index (χ2v) is 7.67. The number of fused-ring (bicyclic) bond motifs is 1. The van der Waals surface area contributed by atoms with Crippen molar-refractivity contribution in [2.24, 2.45) is 5.92 Å². The van der Waals surface area contributed by atoms with Gasteiger partial charge in [0.2, 0.25) is 0 Å². The highest BCUT2D eigenvalue weighted by molar-refractivity contribution is 5.92. The molecular formula is C22H24ClFN4O3. The SMILES string of the molecule is Cc1ccc2c(N3CCCC(CNC(=O)O)C3)nc(-c3c(O)cccc3F)nc2c1.Cl. The van der Waals surface area contributed by atoms with Crippen LogP contribution in [0.2, 0.25) is 0 Å². The van der Waals surface area contributed by atoms with E-state index >= 15 is 0 Å². The number of piperidine rings is 1. The fourth-order valence-corrected chi connectivity index (χ4v) is 3.97. The van der Waals surface area contributed by atoms with E-state index in [4.69, 9.17) is 5.11 Å². The topological polar surface area (TPSA) is 98.6 Å². The molecule has 0 aliphatic carbocycles. The first-order chi connectivity index (χ1) is 14.4. The molecule has 0 spiro atoms. The second-order valence-electron chi connectivity index (χ2n) is 7.67. The number of carbonyl (C=O) groups is 1. The van der Waals surface area contributed by atoms with Crippen LogP contribution in [0.5, 0.6) is 5.75 Å². The lowest BCUT2D eigenvalue weighted by Gasteiger charge is -2.34. The number of benzene rings is 2. The maximum Gasteiger partial charge on any atom is 0.404 e. The summed E-state index contributed by atoms with van der Waals surface area (Å²) >= 11 is 0. The number of carboxylic acid groups (broad SMARTS) is 1. The Kier molecular flexibility index (Phi) is 6.80. The highest BCUT2D eigenvalue weighted by Crippen LogP contribution is 2.34. The molecule has 1 atom stereocenters. The molecule has 1 saturated heterocycles. The predicted molar refractivity (Wildman–Crippen MR) is 120 cm³/mol. The van der Waals surface area contributed by atoms with Crippen LogP contribution in [0.1, 0.15) is 18.4 Å². The molecule has 0 bridgehead atoms. The Bertz CT molecular complexity index is 1090. The minimum absolute atomic E-state index is 0. The van der Waals surface area contributed by atoms with E-state index in [0.717, 1.165) is 30.3 Å². The van der Waals surface area contributed by atoms with Gasteiger partial charge in [0.1, 0.15) is 17.4 Å². The maximum absolute atomic E-state index is 14.5. The van der Waals surface area contributed by atoms with E-state index in [9.17, 15) is 14.3 Å². The first kappa shape index (κ1) is 22.6. The third-order valence-corrected chi connectivity index (χ3v) is 5.41. The van der Waals surface area contributed by atoms with Crippen molar-refractivity contribution in [2.45, 2.75) is 19.8 Å². The number of hydrogen-bond acceptors (Lipinski definition) is 5. The number of aromatic hydroxyl groups is 1. The maximum atomic E-state index is 14.5. The number of aromatic nitrogens is 2. The van der Waals surface area contributed by atoms with E-state index in [1.807, 2.05) is 25.1 Å². The van der Waals surface area contributed by atoms with Crippen LogP contribution in [-0.4, -0.2) is 45.9 Å². The van der Waals surface area contributed by atoms with Gasteiger partial charge in [-0.3, -0.25) is 0 Å². The van der Waals surface area contributed by atoms with E-state index in [1.165, 1.54) is 18.2 Å². The number of rotatable bonds is 4. The van der Waals surface area contributed by atoms with Gasteiger partial charge in [-0.15, -0.1) is 12.4 Å². The van der Waals surface area contributed by atoms with Crippen LogP contribution in [0.4, 0.5) is 15.0 Å². The number of halogens is 2. The largest absolute Gasteiger partial charge is 0.507 e. The molecule has 1 amide bonds. The second kappa shape index (κ2) is 9.34. The lowest BCUT2D eigenvalue weighted by molar-refractivity contribution is 0.191. The first-order valence-corrected chi connectivity index (χ1v) is 9.90. The normalized spacial score (nSPS) is 16.1. The minimum atomic E-state index is -1.03. The number of aryl methyl sites for hydroxylation is 1. The van der Waals surface area contributed by atoms with Crippen molar-refractivity contribution >= 4 is 35.2 Å². The van der Waals surface area contributed by atoms with E-state index in [0.29, 0.717) is 24.4 Å². The molecule has 1 aliphatic rings. The van der Waals surface area contributed by atoms with Gasteiger partial charge in [0.25, 0.3) is 0 Å². The molecule has 1 unspecified atom stereocenters. The van der Waals surface area contributed by atoms with Crippen LogP contribution in [0.15, 0.2) is 36.4 Å². The first-order valence-electron chi connectivity index (χ1n) is 9.90. The zero-order valence-corrected chi connectivity index (χ0v) is 17.8. The van der Waals surface area contributed by atoms with Crippen molar-refractivity contribution in [1.82, 2.24) is 15.3 Å². The summed E-state index contributed by atoms with van der Waals surface area (Å²) in [6, 6.07) is 9.95. The van der Waals surface area contributed by atoms with Crippen molar-refractivity contribution in [3.05, 3.63) is 47.8 Å². The lowest BCUT2D eigenvalue weighted by Crippen LogP contribution is -2.41. The molecule has 2 heterocycles. The third kappa shape index (κ3) is 4.80. The molecule has 3 N–H and O–H groups in total. The average Bonchev–Trinajstić information content (AvgIpc) is 2.71. The molecule has 2 aromatic carbocycles. The van der Waals surface area contributed by atoms with Crippen molar-refractivity contribution in [3.63, 3.8) is 0 Å². The highest BCUT2D eigenvalue weighted by Gasteiger charge is 2.25. The number of amides is 1. The monoisotopic (exact) mass is 446 g/mol. The van der Waals surface area contributed by atoms with Crippen molar-refractivity contribution in [3.8, 4) is 17.1 Å². The molecule has 0 radical (unpaired) electrons. The van der Waals surface area contributed by atoms with E-state index < -0.39 is 11.9 Å². The smallest absolute Gasteiger partial charge is 0.404 e. The summed E-state index contributed by atoms with van der Waals surface area (Å²) in [4.78, 5) is 22.1. The van der Waals surface area contributed by atoms with Gasteiger partial charge in [0.05, 0.1) is 11.1 Å². The summed E-state index contributed by atoms with van der Waals surface area (Å²) in [6.07, 6.45) is 0.774. The Morgan fingerprint density at radius 1 is 1.29 bits per heavy atom. The molecule has 164 valence electrons. The summed E-state index contributed by atoms with van der Waals surface area (Å²) in [6.45, 7) is 3.71. The number of phenols is 1. The molecule has 0 saturated carbocycles. The van der Waals surface area contributed by atoms with Gasteiger partial charge >= 0.3 is 6.09 Å². The summed E-state index contributed by atoms with van der Waals surface area (Å²) in [7, 11) is 0. The predicted octanol–water partition coefficient (Wildman–Crippen LogP) is 4.36. The van der Waals surface area contributed by atoms with Crippen LogP contribution in [0.3, 0.4) is 0 Å². The van der Waals surface area contributed by atoms with Crippen molar-refractivity contribution in [2.75, 3.05) is 24.5 Å². The molecule has 1 aliphatic heterocycles. The quantitative estimate of drug-likeness (QED) is 0.551.